The Morgan fingerprint density at radius 3 is 2.69 bits per heavy atom. The topological polar surface area (TPSA) is 46.5 Å². The fourth-order valence-corrected chi connectivity index (χ4v) is 2.10. The fraction of sp³-hybridized carbons (Fsp3) is 0.462. The number of ether oxygens (including phenoxy) is 1. The number of aliphatic hydroxyl groups is 1. The summed E-state index contributed by atoms with van der Waals surface area (Å²) in [6, 6.07) is 7.07. The van der Waals surface area contributed by atoms with Gasteiger partial charge in [0.1, 0.15) is 12.4 Å². The van der Waals surface area contributed by atoms with Crippen LogP contribution in [-0.2, 0) is 0 Å². The van der Waals surface area contributed by atoms with E-state index >= 15 is 0 Å². The second-order valence-electron chi connectivity index (χ2n) is 4.38. The Balaban J connectivity index is 2.01. The van der Waals surface area contributed by atoms with E-state index in [9.17, 15) is 9.90 Å². The van der Waals surface area contributed by atoms with Gasteiger partial charge < -0.3 is 9.84 Å². The lowest BCUT2D eigenvalue weighted by Gasteiger charge is -2.22. The first-order valence-corrected chi connectivity index (χ1v) is 5.63. The molecular formula is C13H16O3. The van der Waals surface area contributed by atoms with Gasteiger partial charge in [-0.05, 0) is 25.0 Å². The predicted octanol–water partition coefficient (Wildman–Crippen LogP) is 2.18. The van der Waals surface area contributed by atoms with Crippen LogP contribution in [0.15, 0.2) is 24.3 Å². The standard InChI is InChI=1S/C13H16O3/c14-9-11-5-1-2-6-12(11)16-10-13(15)7-3-4-8-13/h1-2,5-6,9,15H,3-4,7-8,10H2. The predicted molar refractivity (Wildman–Crippen MR) is 60.7 cm³/mol. The van der Waals surface area contributed by atoms with Crippen molar-refractivity contribution in [3.05, 3.63) is 29.8 Å². The van der Waals surface area contributed by atoms with Crippen LogP contribution in [0.5, 0.6) is 5.75 Å². The highest BCUT2D eigenvalue weighted by Crippen LogP contribution is 2.30. The first-order valence-electron chi connectivity index (χ1n) is 5.63. The van der Waals surface area contributed by atoms with Gasteiger partial charge in [0.05, 0.1) is 11.2 Å². The third-order valence-corrected chi connectivity index (χ3v) is 3.08. The van der Waals surface area contributed by atoms with Crippen LogP contribution in [0.1, 0.15) is 36.0 Å². The van der Waals surface area contributed by atoms with Crippen LogP contribution >= 0.6 is 0 Å². The van der Waals surface area contributed by atoms with Gasteiger partial charge in [-0.25, -0.2) is 0 Å². The summed E-state index contributed by atoms with van der Waals surface area (Å²) < 4.78 is 5.53. The number of benzene rings is 1. The Kier molecular flexibility index (Phi) is 3.25. The summed E-state index contributed by atoms with van der Waals surface area (Å²) in [7, 11) is 0. The van der Waals surface area contributed by atoms with E-state index in [1.807, 2.05) is 6.07 Å². The zero-order valence-corrected chi connectivity index (χ0v) is 9.19. The smallest absolute Gasteiger partial charge is 0.153 e. The Bertz CT molecular complexity index is 367. The number of carbonyl (C=O) groups is 1. The molecule has 1 aromatic carbocycles. The summed E-state index contributed by atoms with van der Waals surface area (Å²) in [6.45, 7) is 0.276. The van der Waals surface area contributed by atoms with Crippen molar-refractivity contribution >= 4 is 6.29 Å². The molecule has 0 spiro atoms. The number of hydrogen-bond donors (Lipinski definition) is 1. The molecule has 1 saturated carbocycles. The SMILES string of the molecule is O=Cc1ccccc1OCC1(O)CCCC1. The van der Waals surface area contributed by atoms with Gasteiger partial charge in [0, 0.05) is 0 Å². The summed E-state index contributed by atoms with van der Waals surface area (Å²) in [5.74, 6) is 0.554. The highest BCUT2D eigenvalue weighted by atomic mass is 16.5. The molecule has 2 rings (SSSR count). The summed E-state index contributed by atoms with van der Waals surface area (Å²) in [5, 5.41) is 10.1. The average Bonchev–Trinajstić information content (AvgIpc) is 2.74. The maximum atomic E-state index is 10.8. The molecule has 0 unspecified atom stereocenters. The van der Waals surface area contributed by atoms with Gasteiger partial charge in [0.15, 0.2) is 6.29 Å². The molecule has 0 bridgehead atoms. The fourth-order valence-electron chi connectivity index (χ4n) is 2.10. The van der Waals surface area contributed by atoms with E-state index in [2.05, 4.69) is 0 Å². The van der Waals surface area contributed by atoms with Crippen LogP contribution in [0.3, 0.4) is 0 Å². The minimum atomic E-state index is -0.698. The van der Waals surface area contributed by atoms with Crippen LogP contribution in [0.2, 0.25) is 0 Å². The molecule has 0 saturated heterocycles. The average molecular weight is 220 g/mol. The van der Waals surface area contributed by atoms with Crippen LogP contribution in [0.25, 0.3) is 0 Å². The number of para-hydroxylation sites is 1. The van der Waals surface area contributed by atoms with E-state index in [0.29, 0.717) is 11.3 Å². The van der Waals surface area contributed by atoms with Gasteiger partial charge >= 0.3 is 0 Å². The highest BCUT2D eigenvalue weighted by Gasteiger charge is 2.32. The van der Waals surface area contributed by atoms with Gasteiger partial charge in [-0.15, -0.1) is 0 Å². The van der Waals surface area contributed by atoms with Gasteiger partial charge in [-0.3, -0.25) is 4.79 Å². The molecule has 3 nitrogen and oxygen atoms in total. The maximum Gasteiger partial charge on any atom is 0.153 e. The largest absolute Gasteiger partial charge is 0.490 e. The Morgan fingerprint density at radius 2 is 2.00 bits per heavy atom. The van der Waals surface area contributed by atoms with Crippen molar-refractivity contribution in [3.63, 3.8) is 0 Å². The van der Waals surface area contributed by atoms with Gasteiger partial charge in [-0.2, -0.15) is 0 Å². The molecule has 0 radical (unpaired) electrons. The van der Waals surface area contributed by atoms with Crippen molar-refractivity contribution in [1.29, 1.82) is 0 Å². The maximum absolute atomic E-state index is 10.8. The van der Waals surface area contributed by atoms with Gasteiger partial charge in [0.25, 0.3) is 0 Å². The Hall–Kier alpha value is -1.35. The molecule has 16 heavy (non-hydrogen) atoms. The molecule has 3 heteroatoms. The minimum Gasteiger partial charge on any atom is -0.490 e. The highest BCUT2D eigenvalue weighted by molar-refractivity contribution is 5.79. The molecule has 0 aliphatic heterocycles. The number of aldehydes is 1. The van der Waals surface area contributed by atoms with E-state index in [1.165, 1.54) is 0 Å². The quantitative estimate of drug-likeness (QED) is 0.791. The molecule has 0 aromatic heterocycles. The summed E-state index contributed by atoms with van der Waals surface area (Å²) in [4.78, 5) is 10.8. The summed E-state index contributed by atoms with van der Waals surface area (Å²) in [5.41, 5.74) is -0.167. The third kappa shape index (κ3) is 2.42. The number of hydrogen-bond acceptors (Lipinski definition) is 3. The lowest BCUT2D eigenvalue weighted by molar-refractivity contribution is 0.00122. The zero-order chi connectivity index (χ0) is 11.4. The van der Waals surface area contributed by atoms with Crippen LogP contribution in [0.4, 0.5) is 0 Å². The van der Waals surface area contributed by atoms with Crippen molar-refractivity contribution in [3.8, 4) is 5.75 Å². The molecule has 1 fully saturated rings. The molecule has 0 heterocycles. The van der Waals surface area contributed by atoms with Crippen molar-refractivity contribution in [2.24, 2.45) is 0 Å². The number of carbonyl (C=O) groups excluding carboxylic acids is 1. The van der Waals surface area contributed by atoms with E-state index in [4.69, 9.17) is 4.74 Å². The first-order chi connectivity index (χ1) is 7.73. The molecule has 0 atom stereocenters. The van der Waals surface area contributed by atoms with Crippen molar-refractivity contribution < 1.29 is 14.6 Å². The van der Waals surface area contributed by atoms with E-state index < -0.39 is 5.60 Å². The normalized spacial score (nSPS) is 18.3. The second kappa shape index (κ2) is 4.66. The first kappa shape index (κ1) is 11.1. The lowest BCUT2D eigenvalue weighted by Crippen LogP contribution is -2.32. The lowest BCUT2D eigenvalue weighted by atomic mass is 10.0. The molecule has 1 aromatic rings. The Labute approximate surface area is 95.0 Å². The molecule has 1 aliphatic rings. The van der Waals surface area contributed by atoms with Crippen LogP contribution < -0.4 is 4.74 Å². The molecule has 1 N–H and O–H groups in total. The van der Waals surface area contributed by atoms with Gasteiger partial charge in [-0.1, -0.05) is 25.0 Å². The van der Waals surface area contributed by atoms with Gasteiger partial charge in [0.2, 0.25) is 0 Å². The molecular weight excluding hydrogens is 204 g/mol. The zero-order valence-electron chi connectivity index (χ0n) is 9.19. The van der Waals surface area contributed by atoms with Crippen molar-refractivity contribution in [1.82, 2.24) is 0 Å². The molecule has 0 amide bonds. The third-order valence-electron chi connectivity index (χ3n) is 3.08. The second-order valence-corrected chi connectivity index (χ2v) is 4.38. The van der Waals surface area contributed by atoms with Crippen molar-refractivity contribution in [2.75, 3.05) is 6.61 Å². The van der Waals surface area contributed by atoms with E-state index in [-0.39, 0.29) is 6.61 Å². The summed E-state index contributed by atoms with van der Waals surface area (Å²) in [6.07, 6.45) is 4.45. The van der Waals surface area contributed by atoms with Crippen molar-refractivity contribution in [2.45, 2.75) is 31.3 Å². The summed E-state index contributed by atoms with van der Waals surface area (Å²) >= 11 is 0. The minimum absolute atomic E-state index is 0.276. The van der Waals surface area contributed by atoms with E-state index in [0.717, 1.165) is 32.0 Å². The van der Waals surface area contributed by atoms with Crippen LogP contribution in [-0.4, -0.2) is 23.6 Å². The molecule has 86 valence electrons. The monoisotopic (exact) mass is 220 g/mol. The van der Waals surface area contributed by atoms with Crippen LogP contribution in [0, 0.1) is 0 Å². The molecule has 1 aliphatic carbocycles. The Morgan fingerprint density at radius 1 is 1.31 bits per heavy atom. The number of rotatable bonds is 4. The van der Waals surface area contributed by atoms with E-state index in [1.54, 1.807) is 18.2 Å².